The molecular formula is C30H43N3O2S. The quantitative estimate of drug-likeness (QED) is 0.355. The molecule has 0 saturated carbocycles. The third kappa shape index (κ3) is 6.77. The Labute approximate surface area is 221 Å². The summed E-state index contributed by atoms with van der Waals surface area (Å²) in [5.41, 5.74) is 2.70. The van der Waals surface area contributed by atoms with Crippen molar-refractivity contribution >= 4 is 23.2 Å². The Morgan fingerprint density at radius 3 is 2.47 bits per heavy atom. The maximum atomic E-state index is 13.2. The van der Waals surface area contributed by atoms with Gasteiger partial charge in [-0.05, 0) is 42.3 Å². The maximum absolute atomic E-state index is 13.2. The van der Waals surface area contributed by atoms with Crippen molar-refractivity contribution in [3.63, 3.8) is 0 Å². The molecule has 1 saturated heterocycles. The molecular weight excluding hydrogens is 466 g/mol. The minimum absolute atomic E-state index is 0.0932. The summed E-state index contributed by atoms with van der Waals surface area (Å²) < 4.78 is 0. The fourth-order valence-electron chi connectivity index (χ4n) is 5.79. The van der Waals surface area contributed by atoms with Gasteiger partial charge in [-0.15, -0.1) is 11.3 Å². The van der Waals surface area contributed by atoms with E-state index in [1.165, 1.54) is 41.7 Å². The van der Waals surface area contributed by atoms with Crippen molar-refractivity contribution in [3.8, 4) is 0 Å². The van der Waals surface area contributed by atoms with Gasteiger partial charge in [-0.2, -0.15) is 0 Å². The Balaban J connectivity index is 1.26. The first-order chi connectivity index (χ1) is 17.6. The van der Waals surface area contributed by atoms with E-state index < -0.39 is 0 Å². The first kappa shape index (κ1) is 26.9. The van der Waals surface area contributed by atoms with Crippen molar-refractivity contribution in [2.75, 3.05) is 32.7 Å². The Hall–Kier alpha value is -2.18. The predicted octanol–water partition coefficient (Wildman–Crippen LogP) is 5.90. The van der Waals surface area contributed by atoms with Gasteiger partial charge in [0.05, 0.1) is 6.04 Å². The molecule has 0 bridgehead atoms. The van der Waals surface area contributed by atoms with Crippen molar-refractivity contribution in [2.45, 2.75) is 83.7 Å². The van der Waals surface area contributed by atoms with Crippen molar-refractivity contribution in [1.82, 2.24) is 14.7 Å². The molecule has 2 aliphatic heterocycles. The Morgan fingerprint density at radius 1 is 0.917 bits per heavy atom. The van der Waals surface area contributed by atoms with E-state index in [4.69, 9.17) is 0 Å². The highest BCUT2D eigenvalue weighted by atomic mass is 32.1. The third-order valence-corrected chi connectivity index (χ3v) is 8.84. The van der Waals surface area contributed by atoms with Gasteiger partial charge in [0.2, 0.25) is 11.8 Å². The van der Waals surface area contributed by atoms with E-state index in [1.54, 1.807) is 0 Å². The minimum atomic E-state index is 0.0932. The topological polar surface area (TPSA) is 43.9 Å². The summed E-state index contributed by atoms with van der Waals surface area (Å²) in [6.45, 7) is 8.03. The van der Waals surface area contributed by atoms with E-state index in [1.807, 2.05) is 21.1 Å². The molecule has 5 nitrogen and oxygen atoms in total. The van der Waals surface area contributed by atoms with Crippen LogP contribution in [0.1, 0.15) is 87.3 Å². The van der Waals surface area contributed by atoms with Crippen LogP contribution in [-0.4, -0.2) is 65.3 Å². The van der Waals surface area contributed by atoms with Gasteiger partial charge in [-0.1, -0.05) is 69.4 Å². The molecule has 0 N–H and O–H groups in total. The molecule has 196 valence electrons. The van der Waals surface area contributed by atoms with E-state index in [9.17, 15) is 9.59 Å². The van der Waals surface area contributed by atoms with Crippen LogP contribution >= 0.6 is 11.3 Å². The normalized spacial score (nSPS) is 20.4. The molecule has 0 aliphatic carbocycles. The smallest absolute Gasteiger partial charge is 0.223 e. The first-order valence-electron chi connectivity index (χ1n) is 14.0. The van der Waals surface area contributed by atoms with Crippen LogP contribution in [0.4, 0.5) is 0 Å². The van der Waals surface area contributed by atoms with Gasteiger partial charge in [0.1, 0.15) is 0 Å². The number of carbonyl (C=O) groups is 2. The summed E-state index contributed by atoms with van der Waals surface area (Å²) in [4.78, 5) is 33.9. The lowest BCUT2D eigenvalue weighted by atomic mass is 9.93. The minimum Gasteiger partial charge on any atom is -0.339 e. The maximum Gasteiger partial charge on any atom is 0.223 e. The van der Waals surface area contributed by atoms with Gasteiger partial charge < -0.3 is 9.80 Å². The van der Waals surface area contributed by atoms with Crippen LogP contribution in [0.25, 0.3) is 0 Å². The van der Waals surface area contributed by atoms with Crippen LogP contribution in [-0.2, 0) is 16.0 Å². The molecule has 1 aromatic heterocycles. The molecule has 2 aliphatic rings. The average molecular weight is 510 g/mol. The number of nitrogens with zero attached hydrogens (tertiary/aromatic N) is 3. The van der Waals surface area contributed by atoms with Crippen molar-refractivity contribution < 1.29 is 9.59 Å². The Bertz CT molecular complexity index is 976. The monoisotopic (exact) mass is 509 g/mol. The molecule has 6 heteroatoms. The summed E-state index contributed by atoms with van der Waals surface area (Å²) in [7, 11) is 0. The van der Waals surface area contributed by atoms with Crippen LogP contribution in [0, 0.1) is 0 Å². The van der Waals surface area contributed by atoms with Gasteiger partial charge in [-0.3, -0.25) is 14.5 Å². The first-order valence-corrected chi connectivity index (χ1v) is 14.9. The zero-order chi connectivity index (χ0) is 25.3. The second-order valence-electron chi connectivity index (χ2n) is 10.4. The van der Waals surface area contributed by atoms with E-state index in [2.05, 4.69) is 60.5 Å². The Morgan fingerprint density at radius 2 is 1.69 bits per heavy atom. The van der Waals surface area contributed by atoms with Crippen molar-refractivity contribution in [2.24, 2.45) is 0 Å². The van der Waals surface area contributed by atoms with Gasteiger partial charge in [-0.25, -0.2) is 0 Å². The van der Waals surface area contributed by atoms with Crippen LogP contribution in [0.5, 0.6) is 0 Å². The molecule has 1 fully saturated rings. The SMILES string of the molecule is CCCCCCCCC(=O)N1CCN(C(=O)CCN2CCc3sccc3[C@H]2c2ccccc2)C[C@H]1C. The molecule has 36 heavy (non-hydrogen) atoms. The predicted molar refractivity (Wildman–Crippen MR) is 148 cm³/mol. The van der Waals surface area contributed by atoms with Crippen LogP contribution in [0.3, 0.4) is 0 Å². The number of amides is 2. The second kappa shape index (κ2) is 13.4. The summed E-state index contributed by atoms with van der Waals surface area (Å²) in [5.74, 6) is 0.475. The molecule has 0 radical (unpaired) electrons. The van der Waals surface area contributed by atoms with Crippen LogP contribution in [0.2, 0.25) is 0 Å². The highest BCUT2D eigenvalue weighted by Gasteiger charge is 2.32. The van der Waals surface area contributed by atoms with Crippen LogP contribution in [0.15, 0.2) is 41.8 Å². The fourth-order valence-corrected chi connectivity index (χ4v) is 6.69. The van der Waals surface area contributed by atoms with Gasteiger partial charge in [0, 0.05) is 56.5 Å². The van der Waals surface area contributed by atoms with E-state index in [0.29, 0.717) is 32.5 Å². The number of carbonyl (C=O) groups excluding carboxylic acids is 2. The highest BCUT2D eigenvalue weighted by Crippen LogP contribution is 2.37. The summed E-state index contributed by atoms with van der Waals surface area (Å²) in [5, 5.41) is 2.20. The zero-order valence-corrected chi connectivity index (χ0v) is 23.0. The standard InChI is InChI=1S/C30H43N3O2S/c1-3-4-5-6-7-11-14-29(35)33-21-20-32(23-24(33)2)28(34)16-19-31-18-15-27-26(17-22-36-27)30(31)25-12-9-8-10-13-25/h8-10,12-13,17,22,24,30H,3-7,11,14-16,18-21,23H2,1-2H3/t24-,30-/m1/s1. The number of thiophene rings is 1. The number of unbranched alkanes of at least 4 members (excludes halogenated alkanes) is 5. The lowest BCUT2D eigenvalue weighted by Gasteiger charge is -2.41. The fraction of sp³-hybridized carbons (Fsp3) is 0.600. The van der Waals surface area contributed by atoms with Gasteiger partial charge in [0.25, 0.3) is 0 Å². The number of benzene rings is 1. The van der Waals surface area contributed by atoms with Crippen LogP contribution < -0.4 is 0 Å². The summed E-state index contributed by atoms with van der Waals surface area (Å²) in [6, 6.07) is 13.3. The summed E-state index contributed by atoms with van der Waals surface area (Å²) >= 11 is 1.85. The van der Waals surface area contributed by atoms with Gasteiger partial charge >= 0.3 is 0 Å². The number of fused-ring (bicyclic) bond motifs is 1. The lowest BCUT2D eigenvalue weighted by molar-refractivity contribution is -0.142. The summed E-state index contributed by atoms with van der Waals surface area (Å²) in [6.07, 6.45) is 9.41. The number of piperazine rings is 1. The molecule has 2 atom stereocenters. The van der Waals surface area contributed by atoms with E-state index in [0.717, 1.165) is 32.4 Å². The van der Waals surface area contributed by atoms with E-state index in [-0.39, 0.29) is 23.9 Å². The highest BCUT2D eigenvalue weighted by molar-refractivity contribution is 7.10. The molecule has 0 unspecified atom stereocenters. The van der Waals surface area contributed by atoms with Crippen molar-refractivity contribution in [1.29, 1.82) is 0 Å². The molecule has 2 aromatic rings. The molecule has 1 aromatic carbocycles. The number of rotatable bonds is 11. The van der Waals surface area contributed by atoms with Gasteiger partial charge in [0.15, 0.2) is 0 Å². The third-order valence-electron chi connectivity index (χ3n) is 7.84. The lowest BCUT2D eigenvalue weighted by Crippen LogP contribution is -2.55. The zero-order valence-electron chi connectivity index (χ0n) is 22.2. The van der Waals surface area contributed by atoms with E-state index >= 15 is 0 Å². The van der Waals surface area contributed by atoms with Crippen molar-refractivity contribution in [3.05, 3.63) is 57.8 Å². The molecule has 4 rings (SSSR count). The molecule has 3 heterocycles. The number of hydrogen-bond donors (Lipinski definition) is 0. The average Bonchev–Trinajstić information content (AvgIpc) is 3.38. The molecule has 2 amide bonds. The molecule has 0 spiro atoms. The Kier molecular flexibility index (Phi) is 9.99. The largest absolute Gasteiger partial charge is 0.339 e. The number of hydrogen-bond acceptors (Lipinski definition) is 4. The second-order valence-corrected chi connectivity index (χ2v) is 11.4.